The highest BCUT2D eigenvalue weighted by Gasteiger charge is 2.50. The Labute approximate surface area is 144 Å². The number of ether oxygens (including phenoxy) is 3. The molecule has 0 aromatic carbocycles. The molecule has 9 nitrogen and oxygen atoms in total. The fraction of sp³-hybridized carbons (Fsp3) is 0.846. The number of halogens is 4. The van der Waals surface area contributed by atoms with E-state index in [-0.39, 0.29) is 25.5 Å². The zero-order chi connectivity index (χ0) is 18.5. The van der Waals surface area contributed by atoms with Gasteiger partial charge >= 0.3 is 12.1 Å². The maximum atomic E-state index is 14.1. The Balaban J connectivity index is 1.60. The molecule has 2 unspecified atom stereocenters. The number of rotatable bonds is 2. The number of aromatic nitrogens is 2. The molecule has 0 amide bonds. The molecule has 4 heterocycles. The minimum Gasteiger partial charge on any atom is -0.415 e. The Kier molecular flexibility index (Phi) is 4.31. The zero-order valence-electron chi connectivity index (χ0n) is 13.5. The van der Waals surface area contributed by atoms with Gasteiger partial charge in [0.15, 0.2) is 6.29 Å². The molecule has 6 atom stereocenters. The summed E-state index contributed by atoms with van der Waals surface area (Å²) < 4.78 is 73.7. The molecule has 0 spiro atoms. The minimum absolute atomic E-state index is 0.0484. The lowest BCUT2D eigenvalue weighted by Gasteiger charge is -2.46. The summed E-state index contributed by atoms with van der Waals surface area (Å²) in [6.45, 7) is 1.69. The molecule has 2 fully saturated rings. The van der Waals surface area contributed by atoms with Crippen molar-refractivity contribution in [2.24, 2.45) is 10.3 Å². The molecule has 26 heavy (non-hydrogen) atoms. The molecule has 3 aliphatic rings. The average Bonchev–Trinajstić information content (AvgIpc) is 3.23. The minimum atomic E-state index is -4.76. The lowest BCUT2D eigenvalue weighted by Crippen LogP contribution is -2.59. The second kappa shape index (κ2) is 6.39. The summed E-state index contributed by atoms with van der Waals surface area (Å²) in [5.74, 6) is -1.81. The van der Waals surface area contributed by atoms with Gasteiger partial charge in [-0.15, -0.1) is 10.2 Å². The number of hydrogen-bond acceptors (Lipinski definition) is 9. The second-order valence-electron chi connectivity index (χ2n) is 6.14. The van der Waals surface area contributed by atoms with Crippen LogP contribution < -0.4 is 0 Å². The van der Waals surface area contributed by atoms with E-state index in [0.29, 0.717) is 0 Å². The molecule has 13 heteroatoms. The first-order chi connectivity index (χ1) is 12.3. The number of alkyl halides is 4. The van der Waals surface area contributed by atoms with Crippen molar-refractivity contribution in [1.82, 2.24) is 15.2 Å². The Morgan fingerprint density at radius 1 is 1.19 bits per heavy atom. The van der Waals surface area contributed by atoms with Crippen molar-refractivity contribution in [3.8, 4) is 0 Å². The summed E-state index contributed by atoms with van der Waals surface area (Å²) in [5.41, 5.74) is 0. The Bertz CT molecular complexity index is 686. The predicted molar refractivity (Wildman–Crippen MR) is 72.1 cm³/mol. The molecule has 0 saturated carbocycles. The molecule has 1 aromatic rings. The van der Waals surface area contributed by atoms with Crippen molar-refractivity contribution < 1.29 is 36.2 Å². The third-order valence-corrected chi connectivity index (χ3v) is 4.37. The van der Waals surface area contributed by atoms with Crippen molar-refractivity contribution >= 4 is 0 Å². The first-order valence-corrected chi connectivity index (χ1v) is 7.96. The summed E-state index contributed by atoms with van der Waals surface area (Å²) in [4.78, 5) is 0. The molecule has 2 saturated heterocycles. The average molecular weight is 381 g/mol. The molecule has 0 N–H and O–H groups in total. The molecule has 1 aromatic heterocycles. The highest BCUT2D eigenvalue weighted by atomic mass is 19.4. The molecular formula is C13H15F4N5O4. The molecule has 4 rings (SSSR count). The maximum absolute atomic E-state index is 14.1. The van der Waals surface area contributed by atoms with Crippen molar-refractivity contribution in [1.29, 1.82) is 0 Å². The van der Waals surface area contributed by atoms with E-state index in [1.807, 2.05) is 0 Å². The van der Waals surface area contributed by atoms with Gasteiger partial charge in [0.1, 0.15) is 24.9 Å². The van der Waals surface area contributed by atoms with E-state index < -0.39 is 49.0 Å². The Hall–Kier alpha value is -1.86. The zero-order valence-corrected chi connectivity index (χ0v) is 13.5. The Morgan fingerprint density at radius 2 is 2.00 bits per heavy atom. The van der Waals surface area contributed by atoms with Crippen molar-refractivity contribution in [2.45, 2.75) is 56.5 Å². The van der Waals surface area contributed by atoms with Crippen LogP contribution in [0.15, 0.2) is 14.8 Å². The fourth-order valence-electron chi connectivity index (χ4n) is 3.24. The van der Waals surface area contributed by atoms with E-state index in [1.165, 1.54) is 0 Å². The van der Waals surface area contributed by atoms with E-state index in [4.69, 9.17) is 18.6 Å². The van der Waals surface area contributed by atoms with Gasteiger partial charge in [-0.3, -0.25) is 0 Å². The Morgan fingerprint density at radius 3 is 2.65 bits per heavy atom. The molecule has 0 aliphatic carbocycles. The summed E-state index contributed by atoms with van der Waals surface area (Å²) >= 11 is 0. The molecule has 3 aliphatic heterocycles. The van der Waals surface area contributed by atoms with Crippen LogP contribution >= 0.6 is 0 Å². The monoisotopic (exact) mass is 381 g/mol. The SMILES string of the molecule is CC1OC[C@H]2O[C@@H](c3nnc(C(F)(F)F)o3)C[C@@H](N3N=NCC3F)[C@H]2O1. The van der Waals surface area contributed by atoms with Gasteiger partial charge in [-0.25, -0.2) is 9.40 Å². The van der Waals surface area contributed by atoms with Crippen LogP contribution in [0.3, 0.4) is 0 Å². The number of fused-ring (bicyclic) bond motifs is 1. The molecule has 0 radical (unpaired) electrons. The van der Waals surface area contributed by atoms with Crippen molar-refractivity contribution in [2.75, 3.05) is 13.2 Å². The van der Waals surface area contributed by atoms with Crippen LogP contribution in [0.4, 0.5) is 17.6 Å². The summed E-state index contributed by atoms with van der Waals surface area (Å²) in [7, 11) is 0. The molecule has 0 bridgehead atoms. The van der Waals surface area contributed by atoms with E-state index in [9.17, 15) is 17.6 Å². The van der Waals surface area contributed by atoms with Crippen LogP contribution in [0, 0.1) is 0 Å². The van der Waals surface area contributed by atoms with Gasteiger partial charge in [-0.1, -0.05) is 5.22 Å². The largest absolute Gasteiger partial charge is 0.470 e. The normalized spacial score (nSPS) is 37.8. The van der Waals surface area contributed by atoms with Crippen LogP contribution in [0.25, 0.3) is 0 Å². The van der Waals surface area contributed by atoms with Crippen LogP contribution in [0.5, 0.6) is 0 Å². The van der Waals surface area contributed by atoms with Gasteiger partial charge in [-0.2, -0.15) is 18.3 Å². The topological polar surface area (TPSA) is 94.6 Å². The van der Waals surface area contributed by atoms with Crippen LogP contribution in [0.1, 0.15) is 31.2 Å². The predicted octanol–water partition coefficient (Wildman–Crippen LogP) is 2.03. The third-order valence-electron chi connectivity index (χ3n) is 4.37. The lowest BCUT2D eigenvalue weighted by atomic mass is 9.94. The summed E-state index contributed by atoms with van der Waals surface area (Å²) in [6, 6.07) is -0.632. The van der Waals surface area contributed by atoms with Gasteiger partial charge in [0.2, 0.25) is 12.2 Å². The molecular weight excluding hydrogens is 366 g/mol. The third kappa shape index (κ3) is 3.14. The smallest absolute Gasteiger partial charge is 0.415 e. The van der Waals surface area contributed by atoms with Gasteiger partial charge in [-0.05, 0) is 6.92 Å². The highest BCUT2D eigenvalue weighted by molar-refractivity contribution is 5.00. The van der Waals surface area contributed by atoms with E-state index in [2.05, 4.69) is 20.5 Å². The van der Waals surface area contributed by atoms with Crippen LogP contribution in [0.2, 0.25) is 0 Å². The van der Waals surface area contributed by atoms with Gasteiger partial charge in [0.05, 0.1) is 12.6 Å². The summed E-state index contributed by atoms with van der Waals surface area (Å²) in [6.07, 6.45) is -8.91. The molecule has 144 valence electrons. The van der Waals surface area contributed by atoms with E-state index in [0.717, 1.165) is 5.01 Å². The van der Waals surface area contributed by atoms with Crippen molar-refractivity contribution in [3.63, 3.8) is 0 Å². The highest BCUT2D eigenvalue weighted by Crippen LogP contribution is 2.40. The number of nitrogens with zero attached hydrogens (tertiary/aromatic N) is 5. The standard InChI is InChI=1S/C13H15F4N5O4/c1-5-23-4-8-10(24-5)6(22-9(14)3-18-21-22)2-7(25-8)11-19-20-12(26-11)13(15,16)17/h5-10H,2-4H2,1H3/t5?,6-,7-,8-,9?,10-/m1/s1. The quantitative estimate of drug-likeness (QED) is 0.571. The van der Waals surface area contributed by atoms with E-state index in [1.54, 1.807) is 6.92 Å². The van der Waals surface area contributed by atoms with E-state index >= 15 is 0 Å². The second-order valence-corrected chi connectivity index (χ2v) is 6.14. The number of hydrogen-bond donors (Lipinski definition) is 0. The van der Waals surface area contributed by atoms with Gasteiger partial charge < -0.3 is 18.6 Å². The van der Waals surface area contributed by atoms with Gasteiger partial charge in [0.25, 0.3) is 0 Å². The first kappa shape index (κ1) is 17.5. The van der Waals surface area contributed by atoms with Crippen LogP contribution in [-0.2, 0) is 20.4 Å². The van der Waals surface area contributed by atoms with Gasteiger partial charge in [0, 0.05) is 6.42 Å². The van der Waals surface area contributed by atoms with Crippen molar-refractivity contribution in [3.05, 3.63) is 11.8 Å². The maximum Gasteiger partial charge on any atom is 0.470 e. The fourth-order valence-corrected chi connectivity index (χ4v) is 3.24. The lowest BCUT2D eigenvalue weighted by molar-refractivity contribution is -0.299. The summed E-state index contributed by atoms with van der Waals surface area (Å²) in [5, 5.41) is 15.0. The van der Waals surface area contributed by atoms with Crippen LogP contribution in [-0.4, -0.2) is 59.2 Å². The first-order valence-electron chi connectivity index (χ1n) is 7.96.